The quantitative estimate of drug-likeness (QED) is 0.850. The maximum absolute atomic E-state index is 12.9. The number of carbonyl (C=O) groups excluding carboxylic acids is 2. The highest BCUT2D eigenvalue weighted by molar-refractivity contribution is 5.97. The molecular weight excluding hydrogens is 304 g/mol. The molecule has 1 aromatic heterocycles. The summed E-state index contributed by atoms with van der Waals surface area (Å²) < 4.78 is 2.01. The molecule has 2 aliphatic rings. The highest BCUT2D eigenvalue weighted by Crippen LogP contribution is 2.24. The Kier molecular flexibility index (Phi) is 5.21. The zero-order chi connectivity index (χ0) is 17.1. The number of likely N-dealkylation sites (tertiary alicyclic amines) is 1. The van der Waals surface area contributed by atoms with E-state index >= 15 is 0 Å². The molecule has 0 aliphatic carbocycles. The lowest BCUT2D eigenvalue weighted by Crippen LogP contribution is -2.37. The van der Waals surface area contributed by atoms with E-state index in [2.05, 4.69) is 4.98 Å². The fraction of sp³-hybridized carbons (Fsp3) is 0.722. The van der Waals surface area contributed by atoms with Gasteiger partial charge in [-0.15, -0.1) is 0 Å². The third-order valence-electron chi connectivity index (χ3n) is 5.21. The number of nitrogens with zero attached hydrogens (tertiary/aromatic N) is 4. The summed E-state index contributed by atoms with van der Waals surface area (Å²) in [5.74, 6) is 0.432. The molecule has 0 unspecified atom stereocenters. The van der Waals surface area contributed by atoms with E-state index in [0.717, 1.165) is 57.4 Å². The van der Waals surface area contributed by atoms with Crippen LogP contribution < -0.4 is 0 Å². The summed E-state index contributed by atoms with van der Waals surface area (Å²) >= 11 is 0. The summed E-state index contributed by atoms with van der Waals surface area (Å²) in [6, 6.07) is 0. The van der Waals surface area contributed by atoms with Gasteiger partial charge in [-0.3, -0.25) is 9.59 Å². The van der Waals surface area contributed by atoms with Crippen molar-refractivity contribution in [2.24, 2.45) is 0 Å². The van der Waals surface area contributed by atoms with E-state index in [4.69, 9.17) is 0 Å². The zero-order valence-electron chi connectivity index (χ0n) is 14.9. The predicted octanol–water partition coefficient (Wildman–Crippen LogP) is 2.33. The number of aromatic nitrogens is 2. The van der Waals surface area contributed by atoms with Gasteiger partial charge in [-0.1, -0.05) is 0 Å². The lowest BCUT2D eigenvalue weighted by molar-refractivity contribution is 0.0705. The molecule has 6 nitrogen and oxygen atoms in total. The van der Waals surface area contributed by atoms with Crippen molar-refractivity contribution in [3.63, 3.8) is 0 Å². The molecule has 0 bridgehead atoms. The smallest absolute Gasteiger partial charge is 0.289 e. The summed E-state index contributed by atoms with van der Waals surface area (Å²) in [5.41, 5.74) is 1.46. The Labute approximate surface area is 143 Å². The molecule has 6 heteroatoms. The van der Waals surface area contributed by atoms with Crippen molar-refractivity contribution in [3.8, 4) is 0 Å². The lowest BCUT2D eigenvalue weighted by Gasteiger charge is -2.27. The lowest BCUT2D eigenvalue weighted by atomic mass is 10.1. The number of amides is 2. The monoisotopic (exact) mass is 332 g/mol. The van der Waals surface area contributed by atoms with Gasteiger partial charge in [-0.05, 0) is 52.4 Å². The average molecular weight is 332 g/mol. The van der Waals surface area contributed by atoms with Crippen molar-refractivity contribution < 1.29 is 9.59 Å². The fourth-order valence-electron chi connectivity index (χ4n) is 3.78. The number of hydrogen-bond acceptors (Lipinski definition) is 3. The Morgan fingerprint density at radius 1 is 1.00 bits per heavy atom. The molecule has 1 fully saturated rings. The van der Waals surface area contributed by atoms with Crippen molar-refractivity contribution in [1.29, 1.82) is 0 Å². The van der Waals surface area contributed by atoms with Crippen molar-refractivity contribution in [3.05, 3.63) is 17.2 Å². The van der Waals surface area contributed by atoms with E-state index < -0.39 is 0 Å². The Morgan fingerprint density at radius 3 is 2.33 bits per heavy atom. The molecular formula is C18H28N4O2. The number of rotatable bonds is 4. The topological polar surface area (TPSA) is 58.4 Å². The van der Waals surface area contributed by atoms with Crippen molar-refractivity contribution >= 4 is 11.8 Å². The number of carbonyl (C=O) groups is 2. The largest absolute Gasteiger partial charge is 0.338 e. The van der Waals surface area contributed by atoms with Gasteiger partial charge in [-0.25, -0.2) is 4.98 Å². The maximum atomic E-state index is 12.9. The third-order valence-corrected chi connectivity index (χ3v) is 5.21. The Bertz CT molecular complexity index is 613. The average Bonchev–Trinajstić information content (AvgIpc) is 3.02. The number of imidazole rings is 1. The van der Waals surface area contributed by atoms with Gasteiger partial charge in [-0.2, -0.15) is 0 Å². The molecule has 3 heterocycles. The van der Waals surface area contributed by atoms with Crippen LogP contribution in [0, 0.1) is 0 Å². The highest BCUT2D eigenvalue weighted by atomic mass is 16.2. The second-order valence-electron chi connectivity index (χ2n) is 6.67. The molecule has 0 spiro atoms. The van der Waals surface area contributed by atoms with Crippen molar-refractivity contribution in [2.45, 2.75) is 58.9 Å². The van der Waals surface area contributed by atoms with Gasteiger partial charge in [0.2, 0.25) is 0 Å². The normalized spacial score (nSPS) is 17.5. The minimum absolute atomic E-state index is 0.00329. The van der Waals surface area contributed by atoms with E-state index in [9.17, 15) is 9.59 Å². The molecule has 0 N–H and O–H groups in total. The summed E-state index contributed by atoms with van der Waals surface area (Å²) in [5, 5.41) is 0. The molecule has 2 aliphatic heterocycles. The van der Waals surface area contributed by atoms with Gasteiger partial charge in [0.05, 0.1) is 5.69 Å². The van der Waals surface area contributed by atoms with Crippen LogP contribution in [0.15, 0.2) is 0 Å². The van der Waals surface area contributed by atoms with Crippen LogP contribution in [-0.2, 0) is 13.0 Å². The van der Waals surface area contributed by atoms with E-state index in [1.165, 1.54) is 6.42 Å². The molecule has 0 aromatic carbocycles. The molecule has 0 atom stereocenters. The predicted molar refractivity (Wildman–Crippen MR) is 92.2 cm³/mol. The van der Waals surface area contributed by atoms with Gasteiger partial charge < -0.3 is 14.4 Å². The van der Waals surface area contributed by atoms with Crippen LogP contribution in [0.1, 0.15) is 72.8 Å². The molecule has 0 radical (unpaired) electrons. The molecule has 1 aromatic rings. The van der Waals surface area contributed by atoms with Gasteiger partial charge in [0.1, 0.15) is 5.69 Å². The number of piperidine rings is 1. The molecule has 132 valence electrons. The standard InChI is InChI=1S/C18H28N4O2/c1-3-20(4-2)17(23)15-14-10-6-9-13-22(14)16(19-15)18(24)21-11-7-5-8-12-21/h3-13H2,1-2H3. The summed E-state index contributed by atoms with van der Waals surface area (Å²) in [4.78, 5) is 34.0. The van der Waals surface area contributed by atoms with E-state index in [-0.39, 0.29) is 11.8 Å². The highest BCUT2D eigenvalue weighted by Gasteiger charge is 2.31. The minimum Gasteiger partial charge on any atom is -0.338 e. The van der Waals surface area contributed by atoms with Gasteiger partial charge in [0, 0.05) is 32.7 Å². The van der Waals surface area contributed by atoms with E-state index in [1.807, 2.05) is 23.3 Å². The molecule has 0 saturated carbocycles. The number of fused-ring (bicyclic) bond motifs is 1. The fourth-order valence-corrected chi connectivity index (χ4v) is 3.78. The van der Waals surface area contributed by atoms with Gasteiger partial charge in [0.15, 0.2) is 5.82 Å². The van der Waals surface area contributed by atoms with Crippen molar-refractivity contribution in [1.82, 2.24) is 19.4 Å². The van der Waals surface area contributed by atoms with Gasteiger partial charge >= 0.3 is 0 Å². The van der Waals surface area contributed by atoms with Crippen LogP contribution in [-0.4, -0.2) is 57.3 Å². The number of hydrogen-bond donors (Lipinski definition) is 0. The van der Waals surface area contributed by atoms with Crippen LogP contribution in [0.25, 0.3) is 0 Å². The first kappa shape index (κ1) is 17.0. The van der Waals surface area contributed by atoms with E-state index in [1.54, 1.807) is 4.90 Å². The second kappa shape index (κ2) is 7.36. The van der Waals surface area contributed by atoms with Crippen LogP contribution in [0.4, 0.5) is 0 Å². The SMILES string of the molecule is CCN(CC)C(=O)c1nc(C(=O)N2CCCCC2)n2c1CCCC2. The molecule has 24 heavy (non-hydrogen) atoms. The van der Waals surface area contributed by atoms with Crippen LogP contribution in [0.3, 0.4) is 0 Å². The second-order valence-corrected chi connectivity index (χ2v) is 6.67. The Morgan fingerprint density at radius 2 is 1.67 bits per heavy atom. The summed E-state index contributed by atoms with van der Waals surface area (Å²) in [6.45, 7) is 7.69. The summed E-state index contributed by atoms with van der Waals surface area (Å²) in [7, 11) is 0. The minimum atomic E-state index is -0.0386. The van der Waals surface area contributed by atoms with Crippen LogP contribution >= 0.6 is 0 Å². The zero-order valence-corrected chi connectivity index (χ0v) is 14.9. The van der Waals surface area contributed by atoms with E-state index in [0.29, 0.717) is 24.6 Å². The Hall–Kier alpha value is -1.85. The first-order valence-electron chi connectivity index (χ1n) is 9.35. The van der Waals surface area contributed by atoms with Crippen LogP contribution in [0.2, 0.25) is 0 Å². The maximum Gasteiger partial charge on any atom is 0.289 e. The molecule has 3 rings (SSSR count). The molecule has 1 saturated heterocycles. The third kappa shape index (κ3) is 3.06. The molecule has 2 amide bonds. The van der Waals surface area contributed by atoms with Crippen molar-refractivity contribution in [2.75, 3.05) is 26.2 Å². The van der Waals surface area contributed by atoms with Gasteiger partial charge in [0.25, 0.3) is 11.8 Å². The van der Waals surface area contributed by atoms with Crippen LogP contribution in [0.5, 0.6) is 0 Å². The summed E-state index contributed by atoms with van der Waals surface area (Å²) in [6.07, 6.45) is 6.25. The first-order chi connectivity index (χ1) is 11.7. The first-order valence-corrected chi connectivity index (χ1v) is 9.35. The Balaban J connectivity index is 1.95.